The van der Waals surface area contributed by atoms with E-state index in [9.17, 15) is 8.42 Å². The van der Waals surface area contributed by atoms with Crippen LogP contribution in [-0.4, -0.2) is 14.2 Å². The maximum atomic E-state index is 11.4. The molecule has 0 saturated heterocycles. The van der Waals surface area contributed by atoms with E-state index in [1.54, 1.807) is 25.1 Å². The van der Waals surface area contributed by atoms with Crippen LogP contribution in [0.1, 0.15) is 23.6 Å². The molecule has 1 aromatic carbocycles. The molecule has 0 spiro atoms. The highest BCUT2D eigenvalue weighted by molar-refractivity contribution is 7.90. The SMILES string of the molecule is CCS(=O)(=O)Cc1ccc(C#N)cc1C. The van der Waals surface area contributed by atoms with Gasteiger partial charge in [0.15, 0.2) is 9.84 Å². The van der Waals surface area contributed by atoms with Crippen LogP contribution in [-0.2, 0) is 15.6 Å². The van der Waals surface area contributed by atoms with Crippen LogP contribution in [0.2, 0.25) is 0 Å². The average Bonchev–Trinajstić information content (AvgIpc) is 2.21. The molecule has 0 fully saturated rings. The van der Waals surface area contributed by atoms with Crippen molar-refractivity contribution in [3.8, 4) is 6.07 Å². The van der Waals surface area contributed by atoms with Crippen molar-refractivity contribution in [3.63, 3.8) is 0 Å². The molecular weight excluding hydrogens is 210 g/mol. The van der Waals surface area contributed by atoms with Crippen LogP contribution in [0.25, 0.3) is 0 Å². The third-order valence-corrected chi connectivity index (χ3v) is 3.92. The maximum Gasteiger partial charge on any atom is 0.154 e. The van der Waals surface area contributed by atoms with Crippen LogP contribution >= 0.6 is 0 Å². The number of sulfone groups is 1. The molecule has 0 heterocycles. The molecule has 0 amide bonds. The largest absolute Gasteiger partial charge is 0.229 e. The van der Waals surface area contributed by atoms with Gasteiger partial charge < -0.3 is 0 Å². The van der Waals surface area contributed by atoms with Gasteiger partial charge in [-0.05, 0) is 30.2 Å². The Labute approximate surface area is 90.3 Å². The Morgan fingerprint density at radius 2 is 2.07 bits per heavy atom. The summed E-state index contributed by atoms with van der Waals surface area (Å²) >= 11 is 0. The van der Waals surface area contributed by atoms with E-state index in [-0.39, 0.29) is 11.5 Å². The molecule has 0 aliphatic heterocycles. The Hall–Kier alpha value is -1.34. The monoisotopic (exact) mass is 223 g/mol. The third-order valence-electron chi connectivity index (χ3n) is 2.29. The molecule has 15 heavy (non-hydrogen) atoms. The Balaban J connectivity index is 3.04. The lowest BCUT2D eigenvalue weighted by Gasteiger charge is -2.05. The molecule has 0 bridgehead atoms. The Kier molecular flexibility index (Phi) is 3.48. The summed E-state index contributed by atoms with van der Waals surface area (Å²) in [7, 11) is -3.00. The number of rotatable bonds is 3. The van der Waals surface area contributed by atoms with E-state index in [0.29, 0.717) is 5.56 Å². The molecule has 1 rings (SSSR count). The second kappa shape index (κ2) is 4.45. The van der Waals surface area contributed by atoms with Gasteiger partial charge in [0.1, 0.15) is 0 Å². The molecule has 4 heteroatoms. The molecule has 1 aromatic rings. The van der Waals surface area contributed by atoms with Gasteiger partial charge in [-0.2, -0.15) is 5.26 Å². The van der Waals surface area contributed by atoms with Crippen molar-refractivity contribution >= 4 is 9.84 Å². The van der Waals surface area contributed by atoms with Crippen LogP contribution in [0.3, 0.4) is 0 Å². The van der Waals surface area contributed by atoms with Gasteiger partial charge in [0.25, 0.3) is 0 Å². The fourth-order valence-electron chi connectivity index (χ4n) is 1.27. The van der Waals surface area contributed by atoms with E-state index < -0.39 is 9.84 Å². The zero-order valence-corrected chi connectivity index (χ0v) is 9.63. The molecule has 0 aliphatic rings. The summed E-state index contributed by atoms with van der Waals surface area (Å²) in [5.74, 6) is 0.202. The quantitative estimate of drug-likeness (QED) is 0.785. The second-order valence-corrected chi connectivity index (χ2v) is 5.78. The number of nitriles is 1. The van der Waals surface area contributed by atoms with Gasteiger partial charge in [0.2, 0.25) is 0 Å². The fourth-order valence-corrected chi connectivity index (χ4v) is 2.27. The summed E-state index contributed by atoms with van der Waals surface area (Å²) in [4.78, 5) is 0. The Bertz CT molecular complexity index is 498. The lowest BCUT2D eigenvalue weighted by molar-refractivity contribution is 0.596. The standard InChI is InChI=1S/C11H13NO2S/c1-3-15(13,14)8-11-5-4-10(7-12)6-9(11)2/h4-6H,3,8H2,1-2H3. The molecule has 0 atom stereocenters. The molecule has 0 saturated carbocycles. The van der Waals surface area contributed by atoms with Crippen LogP contribution in [0, 0.1) is 18.3 Å². The lowest BCUT2D eigenvalue weighted by Crippen LogP contribution is -2.07. The lowest BCUT2D eigenvalue weighted by atomic mass is 10.1. The van der Waals surface area contributed by atoms with E-state index in [2.05, 4.69) is 0 Å². The van der Waals surface area contributed by atoms with Gasteiger partial charge in [0.05, 0.1) is 17.4 Å². The number of hydrogen-bond acceptors (Lipinski definition) is 3. The minimum atomic E-state index is -3.00. The molecule has 0 aliphatic carbocycles. The molecule has 0 N–H and O–H groups in total. The minimum Gasteiger partial charge on any atom is -0.229 e. The maximum absolute atomic E-state index is 11.4. The highest BCUT2D eigenvalue weighted by atomic mass is 32.2. The van der Waals surface area contributed by atoms with Gasteiger partial charge >= 0.3 is 0 Å². The number of aryl methyl sites for hydroxylation is 1. The van der Waals surface area contributed by atoms with Crippen LogP contribution < -0.4 is 0 Å². The Morgan fingerprint density at radius 1 is 1.40 bits per heavy atom. The molecule has 3 nitrogen and oxygen atoms in total. The number of benzene rings is 1. The summed E-state index contributed by atoms with van der Waals surface area (Å²) in [6, 6.07) is 7.09. The fraction of sp³-hybridized carbons (Fsp3) is 0.364. The van der Waals surface area contributed by atoms with E-state index in [4.69, 9.17) is 5.26 Å². The van der Waals surface area contributed by atoms with Crippen molar-refractivity contribution in [2.75, 3.05) is 5.75 Å². The van der Waals surface area contributed by atoms with Gasteiger partial charge in [0, 0.05) is 5.75 Å². The highest BCUT2D eigenvalue weighted by Gasteiger charge is 2.10. The molecular formula is C11H13NO2S. The summed E-state index contributed by atoms with van der Waals surface area (Å²) in [6.45, 7) is 3.45. The molecule has 0 radical (unpaired) electrons. The predicted octanol–water partition coefficient (Wildman–Crippen LogP) is 1.80. The predicted molar refractivity (Wildman–Crippen MR) is 59.1 cm³/mol. The summed E-state index contributed by atoms with van der Waals surface area (Å²) in [5.41, 5.74) is 2.19. The first-order valence-electron chi connectivity index (χ1n) is 4.68. The van der Waals surface area contributed by atoms with Crippen molar-refractivity contribution in [1.82, 2.24) is 0 Å². The first-order chi connectivity index (χ1) is 6.98. The highest BCUT2D eigenvalue weighted by Crippen LogP contribution is 2.14. The molecule has 0 aromatic heterocycles. The third kappa shape index (κ3) is 3.07. The normalized spacial score (nSPS) is 11.0. The minimum absolute atomic E-state index is 0.0566. The average molecular weight is 223 g/mol. The summed E-state index contributed by atoms with van der Waals surface area (Å²) in [6.07, 6.45) is 0. The van der Waals surface area contributed by atoms with Crippen LogP contribution in [0.4, 0.5) is 0 Å². The van der Waals surface area contributed by atoms with Crippen molar-refractivity contribution in [1.29, 1.82) is 5.26 Å². The first kappa shape index (κ1) is 11.7. The van der Waals surface area contributed by atoms with E-state index in [1.807, 2.05) is 13.0 Å². The van der Waals surface area contributed by atoms with Gasteiger partial charge in [-0.3, -0.25) is 0 Å². The number of hydrogen-bond donors (Lipinski definition) is 0. The summed E-state index contributed by atoms with van der Waals surface area (Å²) in [5, 5.41) is 8.66. The topological polar surface area (TPSA) is 57.9 Å². The summed E-state index contributed by atoms with van der Waals surface area (Å²) < 4.78 is 22.8. The van der Waals surface area contributed by atoms with Crippen LogP contribution in [0.15, 0.2) is 18.2 Å². The van der Waals surface area contributed by atoms with Gasteiger partial charge in [-0.25, -0.2) is 8.42 Å². The zero-order valence-electron chi connectivity index (χ0n) is 8.82. The number of nitrogens with zero attached hydrogens (tertiary/aromatic N) is 1. The van der Waals surface area contributed by atoms with Crippen molar-refractivity contribution < 1.29 is 8.42 Å². The van der Waals surface area contributed by atoms with Gasteiger partial charge in [-0.1, -0.05) is 13.0 Å². The van der Waals surface area contributed by atoms with Crippen LogP contribution in [0.5, 0.6) is 0 Å². The van der Waals surface area contributed by atoms with Gasteiger partial charge in [-0.15, -0.1) is 0 Å². The molecule has 0 unspecified atom stereocenters. The van der Waals surface area contributed by atoms with Crippen molar-refractivity contribution in [2.45, 2.75) is 19.6 Å². The Morgan fingerprint density at radius 3 is 2.53 bits per heavy atom. The zero-order chi connectivity index (χ0) is 11.5. The van der Waals surface area contributed by atoms with E-state index >= 15 is 0 Å². The van der Waals surface area contributed by atoms with E-state index in [0.717, 1.165) is 11.1 Å². The van der Waals surface area contributed by atoms with Crippen molar-refractivity contribution in [2.24, 2.45) is 0 Å². The molecule has 80 valence electrons. The van der Waals surface area contributed by atoms with Crippen molar-refractivity contribution in [3.05, 3.63) is 34.9 Å². The second-order valence-electron chi connectivity index (χ2n) is 3.43. The smallest absolute Gasteiger partial charge is 0.154 e. The first-order valence-corrected chi connectivity index (χ1v) is 6.50. The van der Waals surface area contributed by atoms with E-state index in [1.165, 1.54) is 0 Å².